The number of carbonyl (C=O) groups excluding carboxylic acids is 1. The van der Waals surface area contributed by atoms with Gasteiger partial charge in [0.05, 0.1) is 41.3 Å². The number of halogens is 3. The van der Waals surface area contributed by atoms with Crippen molar-refractivity contribution >= 4 is 22.6 Å². The van der Waals surface area contributed by atoms with Gasteiger partial charge in [-0.2, -0.15) is 13.2 Å². The first-order chi connectivity index (χ1) is 17.2. The Morgan fingerprint density at radius 1 is 1.14 bits per heavy atom. The molecular weight excluding hydrogens is 473 g/mol. The zero-order valence-corrected chi connectivity index (χ0v) is 20.6. The lowest BCUT2D eigenvalue weighted by molar-refractivity contribution is -0.136. The van der Waals surface area contributed by atoms with Gasteiger partial charge in [-0.15, -0.1) is 0 Å². The molecule has 3 rings (SSSR count). The van der Waals surface area contributed by atoms with Crippen LogP contribution in [0, 0.1) is 0 Å². The quantitative estimate of drug-likeness (QED) is 0.376. The van der Waals surface area contributed by atoms with Crippen LogP contribution in [-0.2, 0) is 17.5 Å². The molecule has 0 aliphatic heterocycles. The van der Waals surface area contributed by atoms with Crippen molar-refractivity contribution in [1.82, 2.24) is 14.5 Å². The molecule has 0 saturated carbocycles. The topological polar surface area (TPSA) is 76.5 Å². The molecule has 1 N–H and O–H groups in total. The number of para-hydroxylation sites is 2. The maximum absolute atomic E-state index is 13.5. The average Bonchev–Trinajstić information content (AvgIpc) is 2.85. The molecule has 0 radical (unpaired) electrons. The standard InChI is InChI=1S/C26H31F3N4O3/c1-4-6-15-32(25(35)31-21-14-10-8-12-19(21)26(27,28)29)22(5-2)23-30-20-13-9-7-11-18(20)24(34)33(23)16-17-36-3/h7-14,22H,4-6,15-17H2,1-3H3,(H,31,35). The number of benzene rings is 2. The zero-order chi connectivity index (χ0) is 26.3. The minimum atomic E-state index is -4.62. The first kappa shape index (κ1) is 27.2. The van der Waals surface area contributed by atoms with E-state index in [1.807, 2.05) is 13.8 Å². The van der Waals surface area contributed by atoms with E-state index in [4.69, 9.17) is 9.72 Å². The van der Waals surface area contributed by atoms with Gasteiger partial charge < -0.3 is 15.0 Å². The fourth-order valence-corrected chi connectivity index (χ4v) is 4.13. The minimum absolute atomic E-state index is 0.221. The number of fused-ring (bicyclic) bond motifs is 1. The summed E-state index contributed by atoms with van der Waals surface area (Å²) in [6.07, 6.45) is -2.83. The monoisotopic (exact) mass is 504 g/mol. The molecule has 1 heterocycles. The van der Waals surface area contributed by atoms with Gasteiger partial charge in [-0.05, 0) is 37.1 Å². The van der Waals surface area contributed by atoms with E-state index in [9.17, 15) is 22.8 Å². The Hall–Kier alpha value is -3.40. The Balaban J connectivity index is 2.09. The number of hydrogen-bond donors (Lipinski definition) is 1. The first-order valence-electron chi connectivity index (χ1n) is 11.9. The third kappa shape index (κ3) is 6.04. The number of unbranched alkanes of at least 4 members (excludes halogenated alkanes) is 1. The van der Waals surface area contributed by atoms with Crippen molar-refractivity contribution in [2.24, 2.45) is 0 Å². The summed E-state index contributed by atoms with van der Waals surface area (Å²) < 4.78 is 47.3. The second-order valence-corrected chi connectivity index (χ2v) is 8.38. The highest BCUT2D eigenvalue weighted by Crippen LogP contribution is 2.35. The van der Waals surface area contributed by atoms with Crippen LogP contribution in [0.2, 0.25) is 0 Å². The number of methoxy groups -OCH3 is 1. The number of urea groups is 1. The van der Waals surface area contributed by atoms with Gasteiger partial charge in [-0.25, -0.2) is 9.78 Å². The van der Waals surface area contributed by atoms with Crippen molar-refractivity contribution in [2.75, 3.05) is 25.6 Å². The van der Waals surface area contributed by atoms with E-state index < -0.39 is 23.8 Å². The number of hydrogen-bond acceptors (Lipinski definition) is 4. The lowest BCUT2D eigenvalue weighted by atomic mass is 10.1. The maximum Gasteiger partial charge on any atom is 0.418 e. The summed E-state index contributed by atoms with van der Waals surface area (Å²) >= 11 is 0. The summed E-state index contributed by atoms with van der Waals surface area (Å²) in [5.74, 6) is 0.369. The smallest absolute Gasteiger partial charge is 0.383 e. The molecule has 0 aliphatic carbocycles. The molecule has 1 atom stereocenters. The van der Waals surface area contributed by atoms with Gasteiger partial charge in [0.2, 0.25) is 0 Å². The van der Waals surface area contributed by atoms with Crippen molar-refractivity contribution in [3.8, 4) is 0 Å². The van der Waals surface area contributed by atoms with Crippen molar-refractivity contribution in [3.63, 3.8) is 0 Å². The molecule has 1 aromatic heterocycles. The van der Waals surface area contributed by atoms with Crippen LogP contribution < -0.4 is 10.9 Å². The van der Waals surface area contributed by atoms with Crippen LogP contribution in [0.4, 0.5) is 23.7 Å². The Labute approximate surface area is 207 Å². The molecule has 0 fully saturated rings. The average molecular weight is 505 g/mol. The molecule has 0 saturated heterocycles. The number of anilines is 1. The summed E-state index contributed by atoms with van der Waals surface area (Å²) in [6.45, 7) is 4.56. The number of aromatic nitrogens is 2. The molecule has 194 valence electrons. The fraction of sp³-hybridized carbons (Fsp3) is 0.423. The number of amides is 2. The number of nitrogens with one attached hydrogen (secondary N) is 1. The van der Waals surface area contributed by atoms with Gasteiger partial charge in [0.25, 0.3) is 5.56 Å². The van der Waals surface area contributed by atoms with E-state index in [-0.39, 0.29) is 30.9 Å². The van der Waals surface area contributed by atoms with Crippen LogP contribution in [-0.4, -0.2) is 40.7 Å². The summed E-state index contributed by atoms with van der Waals surface area (Å²) in [6, 6.07) is 10.5. The molecule has 2 amide bonds. The number of alkyl halides is 3. The molecule has 36 heavy (non-hydrogen) atoms. The molecule has 0 spiro atoms. The van der Waals surface area contributed by atoms with Crippen LogP contribution in [0.3, 0.4) is 0 Å². The Kier molecular flexibility index (Phi) is 9.08. The van der Waals surface area contributed by atoms with E-state index in [1.165, 1.54) is 34.8 Å². The highest BCUT2D eigenvalue weighted by molar-refractivity contribution is 5.90. The Morgan fingerprint density at radius 3 is 2.50 bits per heavy atom. The lowest BCUT2D eigenvalue weighted by Gasteiger charge is -2.32. The van der Waals surface area contributed by atoms with E-state index in [0.29, 0.717) is 29.6 Å². The molecule has 2 aromatic carbocycles. The van der Waals surface area contributed by atoms with Crippen molar-refractivity contribution < 1.29 is 22.7 Å². The van der Waals surface area contributed by atoms with Gasteiger partial charge in [-0.1, -0.05) is 44.5 Å². The normalized spacial score (nSPS) is 12.5. The largest absolute Gasteiger partial charge is 0.418 e. The second kappa shape index (κ2) is 12.0. The summed E-state index contributed by atoms with van der Waals surface area (Å²) in [4.78, 5) is 33.0. The Bertz CT molecular complexity index is 1240. The number of ether oxygens (including phenoxy) is 1. The van der Waals surface area contributed by atoms with E-state index in [1.54, 1.807) is 24.3 Å². The predicted octanol–water partition coefficient (Wildman–Crippen LogP) is 5.85. The third-order valence-electron chi connectivity index (χ3n) is 5.96. The van der Waals surface area contributed by atoms with E-state index in [2.05, 4.69) is 5.32 Å². The lowest BCUT2D eigenvalue weighted by Crippen LogP contribution is -2.42. The third-order valence-corrected chi connectivity index (χ3v) is 5.96. The predicted molar refractivity (Wildman–Crippen MR) is 133 cm³/mol. The highest BCUT2D eigenvalue weighted by atomic mass is 19.4. The van der Waals surface area contributed by atoms with Gasteiger partial charge in [0.15, 0.2) is 0 Å². The van der Waals surface area contributed by atoms with Crippen LogP contribution >= 0.6 is 0 Å². The molecule has 7 nitrogen and oxygen atoms in total. The van der Waals surface area contributed by atoms with Gasteiger partial charge in [0.1, 0.15) is 5.82 Å². The van der Waals surface area contributed by atoms with Crippen molar-refractivity contribution in [2.45, 2.75) is 51.9 Å². The van der Waals surface area contributed by atoms with Crippen LogP contribution in [0.5, 0.6) is 0 Å². The number of nitrogens with zero attached hydrogens (tertiary/aromatic N) is 3. The maximum atomic E-state index is 13.5. The Morgan fingerprint density at radius 2 is 1.83 bits per heavy atom. The number of carbonyl (C=O) groups is 1. The van der Waals surface area contributed by atoms with E-state index >= 15 is 0 Å². The fourth-order valence-electron chi connectivity index (χ4n) is 4.13. The molecule has 10 heteroatoms. The van der Waals surface area contributed by atoms with Crippen molar-refractivity contribution in [3.05, 3.63) is 70.3 Å². The van der Waals surface area contributed by atoms with Gasteiger partial charge >= 0.3 is 12.2 Å². The van der Waals surface area contributed by atoms with E-state index in [0.717, 1.165) is 12.5 Å². The van der Waals surface area contributed by atoms with Crippen molar-refractivity contribution in [1.29, 1.82) is 0 Å². The molecule has 1 unspecified atom stereocenters. The van der Waals surface area contributed by atoms with Gasteiger partial charge in [-0.3, -0.25) is 9.36 Å². The number of rotatable bonds is 10. The summed E-state index contributed by atoms with van der Waals surface area (Å²) in [7, 11) is 1.52. The molecule has 3 aromatic rings. The summed E-state index contributed by atoms with van der Waals surface area (Å²) in [5, 5.41) is 2.89. The van der Waals surface area contributed by atoms with Crippen LogP contribution in [0.15, 0.2) is 53.3 Å². The van der Waals surface area contributed by atoms with Crippen LogP contribution in [0.25, 0.3) is 10.9 Å². The first-order valence-corrected chi connectivity index (χ1v) is 11.9. The second-order valence-electron chi connectivity index (χ2n) is 8.38. The minimum Gasteiger partial charge on any atom is -0.383 e. The molecule has 0 bridgehead atoms. The SMILES string of the molecule is CCCCN(C(=O)Nc1ccccc1C(F)(F)F)C(CC)c1nc2ccccc2c(=O)n1CCOC. The summed E-state index contributed by atoms with van der Waals surface area (Å²) in [5.41, 5.74) is -1.02. The zero-order valence-electron chi connectivity index (χ0n) is 20.6. The van der Waals surface area contributed by atoms with Crippen LogP contribution in [0.1, 0.15) is 50.5 Å². The highest BCUT2D eigenvalue weighted by Gasteiger charge is 2.35. The molecular formula is C26H31F3N4O3. The molecule has 0 aliphatic rings. The van der Waals surface area contributed by atoms with Gasteiger partial charge in [0, 0.05) is 13.7 Å².